The molecule has 3 rings (SSSR count). The highest BCUT2D eigenvalue weighted by molar-refractivity contribution is 5.99. The molecule has 1 aromatic rings. The zero-order chi connectivity index (χ0) is 16.9. The molecule has 0 bridgehead atoms. The SMILES string of the molecule is C1=C(c2ccccc2)CC(C2CCCCC2)=N1.C=COC.CC. The Bertz CT molecular complexity index is 496. The topological polar surface area (TPSA) is 21.6 Å². The summed E-state index contributed by atoms with van der Waals surface area (Å²) in [6.07, 6.45) is 11.5. The van der Waals surface area contributed by atoms with Gasteiger partial charge in [0.15, 0.2) is 0 Å². The lowest BCUT2D eigenvalue weighted by atomic mass is 9.84. The third-order valence-electron chi connectivity index (χ3n) is 4.15. The molecule has 126 valence electrons. The van der Waals surface area contributed by atoms with Crippen LogP contribution in [0.1, 0.15) is 57.9 Å². The Morgan fingerprint density at radius 3 is 2.26 bits per heavy atom. The number of rotatable bonds is 3. The molecule has 2 nitrogen and oxygen atoms in total. The van der Waals surface area contributed by atoms with Crippen molar-refractivity contribution in [2.75, 3.05) is 7.11 Å². The van der Waals surface area contributed by atoms with Crippen LogP contribution in [0, 0.1) is 5.92 Å². The number of methoxy groups -OCH3 is 1. The van der Waals surface area contributed by atoms with E-state index in [1.807, 2.05) is 13.8 Å². The van der Waals surface area contributed by atoms with Gasteiger partial charge in [-0.25, -0.2) is 0 Å². The number of hydrogen-bond donors (Lipinski definition) is 0. The number of hydrogen-bond acceptors (Lipinski definition) is 2. The molecular formula is C21H31NO. The van der Waals surface area contributed by atoms with E-state index in [0.717, 1.165) is 12.3 Å². The highest BCUT2D eigenvalue weighted by Crippen LogP contribution is 2.32. The normalized spacial score (nSPS) is 16.8. The van der Waals surface area contributed by atoms with Crippen molar-refractivity contribution in [2.24, 2.45) is 10.9 Å². The van der Waals surface area contributed by atoms with Crippen molar-refractivity contribution in [1.82, 2.24) is 0 Å². The van der Waals surface area contributed by atoms with Gasteiger partial charge in [-0.05, 0) is 29.9 Å². The Kier molecular flexibility index (Phi) is 9.78. The zero-order valence-electron chi connectivity index (χ0n) is 14.9. The van der Waals surface area contributed by atoms with Crippen molar-refractivity contribution in [1.29, 1.82) is 0 Å². The minimum absolute atomic E-state index is 0.765. The van der Waals surface area contributed by atoms with E-state index >= 15 is 0 Å². The van der Waals surface area contributed by atoms with Gasteiger partial charge in [-0.15, -0.1) is 0 Å². The third-order valence-corrected chi connectivity index (χ3v) is 4.15. The molecule has 0 unspecified atom stereocenters. The minimum Gasteiger partial charge on any atom is -0.505 e. The van der Waals surface area contributed by atoms with Crippen LogP contribution in [0.4, 0.5) is 0 Å². The fourth-order valence-corrected chi connectivity index (χ4v) is 2.96. The van der Waals surface area contributed by atoms with E-state index in [-0.39, 0.29) is 0 Å². The monoisotopic (exact) mass is 313 g/mol. The maximum absolute atomic E-state index is 4.67. The second-order valence-electron chi connectivity index (χ2n) is 5.55. The number of ether oxygens (including phenoxy) is 1. The van der Waals surface area contributed by atoms with E-state index < -0.39 is 0 Å². The number of nitrogens with zero attached hydrogens (tertiary/aromatic N) is 1. The first kappa shape index (κ1) is 19.2. The zero-order valence-corrected chi connectivity index (χ0v) is 14.9. The Labute approximate surface area is 142 Å². The molecule has 0 spiro atoms. The van der Waals surface area contributed by atoms with Crippen molar-refractivity contribution in [3.63, 3.8) is 0 Å². The van der Waals surface area contributed by atoms with E-state index in [9.17, 15) is 0 Å². The summed E-state index contributed by atoms with van der Waals surface area (Å²) in [6, 6.07) is 10.7. The van der Waals surface area contributed by atoms with Crippen LogP contribution >= 0.6 is 0 Å². The van der Waals surface area contributed by atoms with Gasteiger partial charge in [-0.3, -0.25) is 4.99 Å². The third kappa shape index (κ3) is 6.43. The quantitative estimate of drug-likeness (QED) is 0.604. The van der Waals surface area contributed by atoms with Crippen LogP contribution in [0.3, 0.4) is 0 Å². The van der Waals surface area contributed by atoms with Gasteiger partial charge in [0.05, 0.1) is 13.4 Å². The van der Waals surface area contributed by atoms with Gasteiger partial charge in [0.1, 0.15) is 0 Å². The standard InChI is InChI=1S/C16H19N.C3H6O.C2H6/c1-3-7-13(8-4-1)15-11-16(17-12-15)14-9-5-2-6-10-14;1-3-4-2;1-2/h1,3-4,7-8,12,14H,2,5-6,9-11H2;3H,1H2,2H3;1-2H3. The minimum atomic E-state index is 0.765. The van der Waals surface area contributed by atoms with Crippen molar-refractivity contribution in [2.45, 2.75) is 52.4 Å². The van der Waals surface area contributed by atoms with Gasteiger partial charge in [0.25, 0.3) is 0 Å². The lowest BCUT2D eigenvalue weighted by molar-refractivity contribution is 0.339. The second kappa shape index (κ2) is 11.7. The van der Waals surface area contributed by atoms with Crippen molar-refractivity contribution in [3.05, 3.63) is 54.9 Å². The van der Waals surface area contributed by atoms with Crippen LogP contribution in [0.25, 0.3) is 5.57 Å². The van der Waals surface area contributed by atoms with Crippen molar-refractivity contribution in [3.8, 4) is 0 Å². The summed E-state index contributed by atoms with van der Waals surface area (Å²) in [5, 5.41) is 0. The van der Waals surface area contributed by atoms with Gasteiger partial charge in [-0.1, -0.05) is 70.0 Å². The summed E-state index contributed by atoms with van der Waals surface area (Å²) >= 11 is 0. The lowest BCUT2D eigenvalue weighted by Crippen LogP contribution is -2.16. The fourth-order valence-electron chi connectivity index (χ4n) is 2.96. The average molecular weight is 313 g/mol. The Morgan fingerprint density at radius 2 is 1.70 bits per heavy atom. The Hall–Kier alpha value is -1.83. The van der Waals surface area contributed by atoms with Crippen LogP contribution in [0.2, 0.25) is 0 Å². The molecule has 1 aromatic carbocycles. The Morgan fingerprint density at radius 1 is 1.09 bits per heavy atom. The maximum Gasteiger partial charge on any atom is 0.0766 e. The molecule has 0 saturated heterocycles. The Balaban J connectivity index is 0.000000388. The summed E-state index contributed by atoms with van der Waals surface area (Å²) in [5.41, 5.74) is 4.16. The van der Waals surface area contributed by atoms with E-state index in [4.69, 9.17) is 0 Å². The number of aliphatic imine (C=N–C) groups is 1. The number of benzene rings is 1. The molecule has 1 saturated carbocycles. The van der Waals surface area contributed by atoms with Gasteiger partial charge in [0, 0.05) is 18.3 Å². The summed E-state index contributed by atoms with van der Waals surface area (Å²) < 4.78 is 4.31. The fraction of sp³-hybridized carbons (Fsp3) is 0.476. The molecule has 1 heterocycles. The van der Waals surface area contributed by atoms with Gasteiger partial charge >= 0.3 is 0 Å². The predicted molar refractivity (Wildman–Crippen MR) is 102 cm³/mol. The molecule has 1 aliphatic heterocycles. The van der Waals surface area contributed by atoms with E-state index in [1.165, 1.54) is 55.2 Å². The van der Waals surface area contributed by atoms with E-state index in [2.05, 4.69) is 52.8 Å². The van der Waals surface area contributed by atoms with E-state index in [0.29, 0.717) is 0 Å². The van der Waals surface area contributed by atoms with Crippen LogP contribution < -0.4 is 0 Å². The van der Waals surface area contributed by atoms with Crippen molar-refractivity contribution >= 4 is 11.3 Å². The van der Waals surface area contributed by atoms with Crippen molar-refractivity contribution < 1.29 is 4.74 Å². The average Bonchev–Trinajstić information content (AvgIpc) is 3.15. The van der Waals surface area contributed by atoms with E-state index in [1.54, 1.807) is 7.11 Å². The predicted octanol–water partition coefficient (Wildman–Crippen LogP) is 6.26. The first-order chi connectivity index (χ1) is 11.3. The largest absolute Gasteiger partial charge is 0.505 e. The summed E-state index contributed by atoms with van der Waals surface area (Å²) in [7, 11) is 1.56. The molecule has 23 heavy (non-hydrogen) atoms. The first-order valence-corrected chi connectivity index (χ1v) is 8.80. The van der Waals surface area contributed by atoms with Crippen LogP contribution in [-0.2, 0) is 4.74 Å². The molecule has 0 radical (unpaired) electrons. The molecule has 0 N–H and O–H groups in total. The van der Waals surface area contributed by atoms with Gasteiger partial charge in [0.2, 0.25) is 0 Å². The van der Waals surface area contributed by atoms with Gasteiger partial charge < -0.3 is 4.74 Å². The molecule has 1 aliphatic carbocycles. The van der Waals surface area contributed by atoms with Gasteiger partial charge in [-0.2, -0.15) is 0 Å². The molecule has 1 fully saturated rings. The molecule has 2 aliphatic rings. The lowest BCUT2D eigenvalue weighted by Gasteiger charge is -2.21. The summed E-state index contributed by atoms with van der Waals surface area (Å²) in [4.78, 5) is 4.67. The number of allylic oxidation sites excluding steroid dienone is 1. The highest BCUT2D eigenvalue weighted by atomic mass is 16.5. The highest BCUT2D eigenvalue weighted by Gasteiger charge is 2.22. The first-order valence-electron chi connectivity index (χ1n) is 8.80. The molecule has 0 atom stereocenters. The molecular weight excluding hydrogens is 282 g/mol. The van der Waals surface area contributed by atoms with Crippen LogP contribution in [0.15, 0.2) is 54.4 Å². The summed E-state index contributed by atoms with van der Waals surface area (Å²) in [5.74, 6) is 0.765. The van der Waals surface area contributed by atoms with Crippen LogP contribution in [0.5, 0.6) is 0 Å². The summed E-state index contributed by atoms with van der Waals surface area (Å²) in [6.45, 7) is 7.26. The smallest absolute Gasteiger partial charge is 0.0766 e. The molecule has 0 aromatic heterocycles. The van der Waals surface area contributed by atoms with Crippen LogP contribution in [-0.4, -0.2) is 12.8 Å². The molecule has 2 heteroatoms. The molecule has 0 amide bonds. The second-order valence-corrected chi connectivity index (χ2v) is 5.55. The maximum atomic E-state index is 4.67.